The fourth-order valence-corrected chi connectivity index (χ4v) is 7.83. The van der Waals surface area contributed by atoms with Crippen molar-refractivity contribution in [1.29, 1.82) is 0 Å². The minimum absolute atomic E-state index is 0.306. The summed E-state index contributed by atoms with van der Waals surface area (Å²) in [6.45, 7) is 14.0. The Morgan fingerprint density at radius 1 is 1.06 bits per heavy atom. The Kier molecular flexibility index (Phi) is 8.44. The normalized spacial score (nSPS) is 36.7. The van der Waals surface area contributed by atoms with Crippen LogP contribution < -0.4 is 0 Å². The highest BCUT2D eigenvalue weighted by Gasteiger charge is 2.50. The molecular weight excluding hydrogens is 428 g/mol. The largest absolute Gasteiger partial charge is 0.392 e. The van der Waals surface area contributed by atoms with Crippen molar-refractivity contribution in [3.8, 4) is 0 Å². The lowest BCUT2D eigenvalue weighted by Crippen LogP contribution is -2.37. The first-order valence-electron chi connectivity index (χ1n) is 14.2. The summed E-state index contributed by atoms with van der Waals surface area (Å²) in [6.07, 6.45) is 14.3. The predicted molar refractivity (Wildman–Crippen MR) is 147 cm³/mol. The maximum absolute atomic E-state index is 11.0. The zero-order valence-corrected chi connectivity index (χ0v) is 22.5. The van der Waals surface area contributed by atoms with E-state index in [4.69, 9.17) is 0 Å². The van der Waals surface area contributed by atoms with Crippen molar-refractivity contribution >= 4 is 0 Å². The number of hydrogen-bond acceptors (Lipinski definition) is 2. The van der Waals surface area contributed by atoms with E-state index < -0.39 is 12.2 Å². The van der Waals surface area contributed by atoms with E-state index in [2.05, 4.69) is 46.4 Å². The average molecular weight is 477 g/mol. The third kappa shape index (κ3) is 5.54. The zero-order valence-electron chi connectivity index (χ0n) is 22.5. The molecule has 2 heteroatoms. The second-order valence-electron chi connectivity index (χ2n) is 12.5. The molecule has 0 unspecified atom stereocenters. The van der Waals surface area contributed by atoms with Crippen molar-refractivity contribution in [3.63, 3.8) is 0 Å². The molecule has 3 aliphatic rings. The first-order chi connectivity index (χ1) is 16.7. The van der Waals surface area contributed by atoms with Crippen LogP contribution in [0.1, 0.15) is 97.0 Å². The van der Waals surface area contributed by atoms with Gasteiger partial charge in [-0.3, -0.25) is 0 Å². The quantitative estimate of drug-likeness (QED) is 0.419. The number of allylic oxidation sites excluding steroid dienone is 3. The van der Waals surface area contributed by atoms with Gasteiger partial charge < -0.3 is 10.2 Å². The second kappa shape index (κ2) is 11.2. The van der Waals surface area contributed by atoms with Crippen LogP contribution in [0.3, 0.4) is 0 Å². The minimum Gasteiger partial charge on any atom is -0.392 e. The van der Waals surface area contributed by atoms with Crippen molar-refractivity contribution in [1.82, 2.24) is 0 Å². The zero-order chi connectivity index (χ0) is 25.2. The summed E-state index contributed by atoms with van der Waals surface area (Å²) in [4.78, 5) is 0. The lowest BCUT2D eigenvalue weighted by atomic mass is 9.60. The molecule has 0 heterocycles. The van der Waals surface area contributed by atoms with Crippen molar-refractivity contribution in [3.05, 3.63) is 71.3 Å². The molecule has 7 atom stereocenters. The predicted octanol–water partition coefficient (Wildman–Crippen LogP) is 7.98. The minimum atomic E-state index is -0.745. The van der Waals surface area contributed by atoms with Gasteiger partial charge in [-0.1, -0.05) is 102 Å². The molecule has 0 spiro atoms. The number of benzene rings is 1. The van der Waals surface area contributed by atoms with Crippen molar-refractivity contribution in [2.45, 2.75) is 104 Å². The smallest absolute Gasteiger partial charge is 0.0880 e. The number of fused-ring (bicyclic) bond motifs is 1. The van der Waals surface area contributed by atoms with Gasteiger partial charge in [-0.25, -0.2) is 0 Å². The summed E-state index contributed by atoms with van der Waals surface area (Å²) < 4.78 is 0. The van der Waals surface area contributed by atoms with Gasteiger partial charge in [0.1, 0.15) is 0 Å². The average Bonchev–Trinajstić information content (AvgIpc) is 3.18. The number of hydrogen-bond donors (Lipinski definition) is 2. The fraction of sp³-hybridized carbons (Fsp3) is 0.636. The molecule has 1 aromatic rings. The van der Waals surface area contributed by atoms with Gasteiger partial charge in [0.15, 0.2) is 0 Å². The van der Waals surface area contributed by atoms with Crippen LogP contribution >= 0.6 is 0 Å². The van der Waals surface area contributed by atoms with Crippen molar-refractivity contribution in [2.75, 3.05) is 0 Å². The van der Waals surface area contributed by atoms with E-state index in [1.165, 1.54) is 51.4 Å². The highest BCUT2D eigenvalue weighted by Crippen LogP contribution is 2.60. The summed E-state index contributed by atoms with van der Waals surface area (Å²) in [5.41, 5.74) is 4.76. The molecule has 0 aromatic heterocycles. The van der Waals surface area contributed by atoms with Crippen molar-refractivity contribution < 1.29 is 10.2 Å². The maximum atomic E-state index is 11.0. The Balaban J connectivity index is 1.47. The fourth-order valence-electron chi connectivity index (χ4n) is 7.83. The van der Waals surface area contributed by atoms with Crippen LogP contribution in [0.25, 0.3) is 0 Å². The molecule has 35 heavy (non-hydrogen) atoms. The van der Waals surface area contributed by atoms with Crippen LogP contribution in [0.5, 0.6) is 0 Å². The molecule has 0 bridgehead atoms. The standard InChI is InChI=1S/C33H48O2/c1-22(2)11-9-12-23(3)28-18-19-29-25(15-10-20-33(28,29)5)16-17-27-21-30(34)31(32(35)24(27)4)26-13-7-6-8-14-26/h6-8,13-14,16-17,22-23,28-32,34-35H,4,9-12,15,18-21H2,1-3,5H3/b25-16+,27-17-/t23-,28-,29+,30-,31+,32-,33-/m1/s1. The Hall–Kier alpha value is -1.64. The molecule has 4 rings (SSSR count). The molecular formula is C33H48O2. The lowest BCUT2D eigenvalue weighted by molar-refractivity contribution is 0.0584. The summed E-state index contributed by atoms with van der Waals surface area (Å²) in [6, 6.07) is 9.88. The van der Waals surface area contributed by atoms with E-state index in [1.54, 1.807) is 5.57 Å². The van der Waals surface area contributed by atoms with E-state index in [0.717, 1.165) is 34.5 Å². The highest BCUT2D eigenvalue weighted by atomic mass is 16.3. The van der Waals surface area contributed by atoms with E-state index in [9.17, 15) is 10.2 Å². The van der Waals surface area contributed by atoms with Crippen LogP contribution in [-0.4, -0.2) is 22.4 Å². The van der Waals surface area contributed by atoms with Crippen molar-refractivity contribution in [2.24, 2.45) is 29.1 Å². The van der Waals surface area contributed by atoms with Gasteiger partial charge in [0.05, 0.1) is 12.2 Å². The molecule has 0 saturated heterocycles. The Morgan fingerprint density at radius 2 is 1.80 bits per heavy atom. The van der Waals surface area contributed by atoms with Gasteiger partial charge in [0, 0.05) is 5.92 Å². The van der Waals surface area contributed by atoms with Gasteiger partial charge in [0.2, 0.25) is 0 Å². The van der Waals surface area contributed by atoms with Gasteiger partial charge in [-0.2, -0.15) is 0 Å². The number of aliphatic hydroxyl groups is 2. The molecule has 2 N–H and O–H groups in total. The molecule has 0 amide bonds. The lowest BCUT2D eigenvalue weighted by Gasteiger charge is -2.44. The molecule has 3 aliphatic carbocycles. The number of aliphatic hydroxyl groups excluding tert-OH is 2. The molecule has 3 saturated carbocycles. The molecule has 3 fully saturated rings. The van der Waals surface area contributed by atoms with E-state index in [0.29, 0.717) is 17.8 Å². The molecule has 0 aliphatic heterocycles. The second-order valence-corrected chi connectivity index (χ2v) is 12.5. The first-order valence-corrected chi connectivity index (χ1v) is 14.2. The third-order valence-corrected chi connectivity index (χ3v) is 9.80. The molecule has 2 nitrogen and oxygen atoms in total. The topological polar surface area (TPSA) is 40.5 Å². The van der Waals surface area contributed by atoms with Crippen LogP contribution in [0.4, 0.5) is 0 Å². The summed E-state index contributed by atoms with van der Waals surface area (Å²) in [5, 5.41) is 22.0. The summed E-state index contributed by atoms with van der Waals surface area (Å²) >= 11 is 0. The molecule has 0 radical (unpaired) electrons. The van der Waals surface area contributed by atoms with E-state index in [1.807, 2.05) is 30.3 Å². The van der Waals surface area contributed by atoms with Crippen LogP contribution in [0.2, 0.25) is 0 Å². The summed E-state index contributed by atoms with van der Waals surface area (Å²) in [7, 11) is 0. The first kappa shape index (κ1) is 26.4. The van der Waals surface area contributed by atoms with Gasteiger partial charge in [-0.05, 0) is 84.3 Å². The summed E-state index contributed by atoms with van der Waals surface area (Å²) in [5.74, 6) is 2.81. The van der Waals surface area contributed by atoms with E-state index in [-0.39, 0.29) is 5.92 Å². The Morgan fingerprint density at radius 3 is 2.51 bits per heavy atom. The Bertz CT molecular complexity index is 926. The van der Waals surface area contributed by atoms with Crippen LogP contribution in [0.15, 0.2) is 65.8 Å². The van der Waals surface area contributed by atoms with Gasteiger partial charge >= 0.3 is 0 Å². The Labute approximate surface area is 214 Å². The van der Waals surface area contributed by atoms with Gasteiger partial charge in [0.25, 0.3) is 0 Å². The van der Waals surface area contributed by atoms with Gasteiger partial charge in [-0.15, -0.1) is 0 Å². The highest BCUT2D eigenvalue weighted by molar-refractivity contribution is 5.43. The molecule has 1 aromatic carbocycles. The molecule has 192 valence electrons. The van der Waals surface area contributed by atoms with Crippen LogP contribution in [0, 0.1) is 29.1 Å². The number of rotatable bonds is 7. The monoisotopic (exact) mass is 476 g/mol. The van der Waals surface area contributed by atoms with E-state index >= 15 is 0 Å². The maximum Gasteiger partial charge on any atom is 0.0880 e. The SMILES string of the molecule is C=C1/C(=C\C=C2/CCC[C@]3(C)[C@@H]([C@H](C)CCCC(C)C)CC[C@@H]23)C[C@@H](O)[C@H](c2ccccc2)[C@@H]1O. The third-order valence-electron chi connectivity index (χ3n) is 9.80. The van der Waals surface area contributed by atoms with Crippen LogP contribution in [-0.2, 0) is 0 Å².